The molecular weight excluding hydrogens is 302 g/mol. The molecule has 0 radical (unpaired) electrons. The molecule has 1 aliphatic carbocycles. The van der Waals surface area contributed by atoms with Gasteiger partial charge in [0.25, 0.3) is 10.1 Å². The number of nitrogens with one attached hydrogen (secondary N) is 1. The maximum absolute atomic E-state index is 12.5. The van der Waals surface area contributed by atoms with Gasteiger partial charge in [-0.3, -0.25) is 9.35 Å². The molecule has 0 fully saturated rings. The third-order valence-corrected chi connectivity index (χ3v) is 4.38. The smallest absolute Gasteiger partial charge is 0.266 e. The Bertz CT molecular complexity index is 879. The summed E-state index contributed by atoms with van der Waals surface area (Å²) in [6, 6.07) is 11.5. The Morgan fingerprint density at radius 1 is 1.09 bits per heavy atom. The van der Waals surface area contributed by atoms with Crippen LogP contribution in [0.1, 0.15) is 15.9 Å². The van der Waals surface area contributed by atoms with Crippen LogP contribution in [0.4, 0.5) is 0 Å². The maximum atomic E-state index is 12.5. The summed E-state index contributed by atoms with van der Waals surface area (Å²) in [6.45, 7) is 0.356. The molecule has 5 nitrogen and oxygen atoms in total. The first-order valence-corrected chi connectivity index (χ1v) is 8.49. The number of ketones is 1. The largest absolute Gasteiger partial charge is 0.311 e. The van der Waals surface area contributed by atoms with Crippen LogP contribution in [0.2, 0.25) is 0 Å². The van der Waals surface area contributed by atoms with Gasteiger partial charge < -0.3 is 5.32 Å². The Balaban J connectivity index is 1.84. The lowest BCUT2D eigenvalue weighted by atomic mass is 9.88. The first-order chi connectivity index (χ1) is 10.5. The fourth-order valence-corrected chi connectivity index (χ4v) is 3.06. The molecule has 0 heterocycles. The molecule has 0 unspecified atom stereocenters. The molecule has 0 bridgehead atoms. The highest BCUT2D eigenvalue weighted by atomic mass is 32.2. The second-order valence-corrected chi connectivity index (χ2v) is 6.78. The van der Waals surface area contributed by atoms with Crippen molar-refractivity contribution in [2.45, 2.75) is 0 Å². The van der Waals surface area contributed by atoms with Gasteiger partial charge in [-0.2, -0.15) is 8.42 Å². The Morgan fingerprint density at radius 2 is 1.82 bits per heavy atom. The van der Waals surface area contributed by atoms with Gasteiger partial charge in [0.15, 0.2) is 5.78 Å². The van der Waals surface area contributed by atoms with E-state index in [0.29, 0.717) is 11.1 Å². The zero-order valence-electron chi connectivity index (χ0n) is 11.7. The Hall–Kier alpha value is -2.02. The molecule has 22 heavy (non-hydrogen) atoms. The Kier molecular flexibility index (Phi) is 3.82. The predicted molar refractivity (Wildman–Crippen MR) is 85.5 cm³/mol. The molecule has 2 aromatic rings. The van der Waals surface area contributed by atoms with Crippen molar-refractivity contribution in [3.63, 3.8) is 0 Å². The van der Waals surface area contributed by atoms with Gasteiger partial charge in [-0.25, -0.2) is 0 Å². The van der Waals surface area contributed by atoms with E-state index < -0.39 is 10.1 Å². The number of hydrogen-bond donors (Lipinski definition) is 2. The molecule has 2 N–H and O–H groups in total. The van der Waals surface area contributed by atoms with Gasteiger partial charge in [0.1, 0.15) is 0 Å². The molecular formula is C16H15NO4S. The lowest BCUT2D eigenvalue weighted by Crippen LogP contribution is -2.27. The molecule has 3 rings (SSSR count). The summed E-state index contributed by atoms with van der Waals surface area (Å²) < 4.78 is 30.0. The van der Waals surface area contributed by atoms with Crippen LogP contribution in [0.5, 0.6) is 0 Å². The van der Waals surface area contributed by atoms with Crippen LogP contribution in [0.15, 0.2) is 42.0 Å². The van der Waals surface area contributed by atoms with Crippen molar-refractivity contribution in [3.8, 4) is 0 Å². The molecule has 0 saturated carbocycles. The molecule has 0 aliphatic heterocycles. The summed E-state index contributed by atoms with van der Waals surface area (Å²) >= 11 is 0. The SMILES string of the molecule is O=C1C(CNCCS(=O)(=O)O)=Cc2cccc3cccc1c23. The van der Waals surface area contributed by atoms with Gasteiger partial charge in [0.2, 0.25) is 0 Å². The van der Waals surface area contributed by atoms with E-state index in [4.69, 9.17) is 4.55 Å². The van der Waals surface area contributed by atoms with Gasteiger partial charge in [0, 0.05) is 29.6 Å². The minimum Gasteiger partial charge on any atom is -0.311 e. The predicted octanol–water partition coefficient (Wildman–Crippen LogP) is 1.90. The Labute approximate surface area is 128 Å². The first-order valence-electron chi connectivity index (χ1n) is 6.88. The van der Waals surface area contributed by atoms with E-state index in [-0.39, 0.29) is 24.6 Å². The number of benzene rings is 2. The average Bonchev–Trinajstić information content (AvgIpc) is 2.47. The van der Waals surface area contributed by atoms with Gasteiger partial charge in [-0.1, -0.05) is 36.4 Å². The van der Waals surface area contributed by atoms with Gasteiger partial charge in [0.05, 0.1) is 5.75 Å². The number of rotatable bonds is 5. The fraction of sp³-hybridized carbons (Fsp3) is 0.188. The second-order valence-electron chi connectivity index (χ2n) is 5.21. The normalized spacial score (nSPS) is 14.2. The highest BCUT2D eigenvalue weighted by Crippen LogP contribution is 2.30. The lowest BCUT2D eigenvalue weighted by molar-refractivity contribution is 0.103. The number of hydrogen-bond acceptors (Lipinski definition) is 4. The maximum Gasteiger partial charge on any atom is 0.266 e. The van der Waals surface area contributed by atoms with Crippen LogP contribution < -0.4 is 5.32 Å². The minimum atomic E-state index is -3.99. The lowest BCUT2D eigenvalue weighted by Gasteiger charge is -2.17. The van der Waals surface area contributed by atoms with Crippen molar-refractivity contribution in [3.05, 3.63) is 53.1 Å². The second kappa shape index (κ2) is 5.64. The van der Waals surface area contributed by atoms with Crippen molar-refractivity contribution in [1.82, 2.24) is 5.32 Å². The van der Waals surface area contributed by atoms with Crippen molar-refractivity contribution < 1.29 is 17.8 Å². The van der Waals surface area contributed by atoms with E-state index in [9.17, 15) is 13.2 Å². The molecule has 0 saturated heterocycles. The minimum absolute atomic E-state index is 0.0522. The summed E-state index contributed by atoms with van der Waals surface area (Å²) in [4.78, 5) is 12.5. The van der Waals surface area contributed by atoms with Gasteiger partial charge in [-0.05, 0) is 17.0 Å². The molecule has 114 valence electrons. The number of carbonyl (C=O) groups is 1. The van der Waals surface area contributed by atoms with Crippen LogP contribution >= 0.6 is 0 Å². The zero-order chi connectivity index (χ0) is 15.7. The number of Topliss-reactive ketones (excluding diaryl/α,β-unsaturated/α-hetero) is 1. The summed E-state index contributed by atoms with van der Waals surface area (Å²) in [5, 5.41) is 4.86. The van der Waals surface area contributed by atoms with E-state index >= 15 is 0 Å². The molecule has 0 atom stereocenters. The quantitative estimate of drug-likeness (QED) is 0.650. The van der Waals surface area contributed by atoms with Gasteiger partial charge >= 0.3 is 0 Å². The topological polar surface area (TPSA) is 83.5 Å². The van der Waals surface area contributed by atoms with Crippen molar-refractivity contribution >= 4 is 32.7 Å². The van der Waals surface area contributed by atoms with Crippen LogP contribution in [0.25, 0.3) is 16.8 Å². The van der Waals surface area contributed by atoms with E-state index in [1.165, 1.54) is 0 Å². The monoisotopic (exact) mass is 317 g/mol. The molecule has 0 amide bonds. The summed E-state index contributed by atoms with van der Waals surface area (Å²) in [7, 11) is -3.99. The first kappa shape index (κ1) is 14.9. The summed E-state index contributed by atoms with van der Waals surface area (Å²) in [5.41, 5.74) is 2.24. The molecule has 0 spiro atoms. The third-order valence-electron chi connectivity index (χ3n) is 3.66. The fourth-order valence-electron chi connectivity index (χ4n) is 2.66. The van der Waals surface area contributed by atoms with Crippen molar-refractivity contribution in [1.29, 1.82) is 0 Å². The van der Waals surface area contributed by atoms with Crippen molar-refractivity contribution in [2.75, 3.05) is 18.8 Å². The zero-order valence-corrected chi connectivity index (χ0v) is 12.6. The average molecular weight is 317 g/mol. The molecule has 1 aliphatic rings. The summed E-state index contributed by atoms with van der Waals surface area (Å²) in [5.74, 6) is -0.427. The Morgan fingerprint density at radius 3 is 2.55 bits per heavy atom. The van der Waals surface area contributed by atoms with Crippen molar-refractivity contribution in [2.24, 2.45) is 0 Å². The van der Waals surface area contributed by atoms with E-state index in [2.05, 4.69) is 5.32 Å². The van der Waals surface area contributed by atoms with E-state index in [1.54, 1.807) is 6.07 Å². The van der Waals surface area contributed by atoms with E-state index in [0.717, 1.165) is 16.3 Å². The summed E-state index contributed by atoms with van der Waals surface area (Å²) in [6.07, 6.45) is 1.83. The van der Waals surface area contributed by atoms with Crippen LogP contribution in [-0.2, 0) is 10.1 Å². The molecule has 0 aromatic heterocycles. The van der Waals surface area contributed by atoms with Crippen LogP contribution in [0, 0.1) is 0 Å². The molecule has 2 aromatic carbocycles. The van der Waals surface area contributed by atoms with E-state index in [1.807, 2.05) is 36.4 Å². The molecule has 6 heteroatoms. The van der Waals surface area contributed by atoms with Crippen LogP contribution in [0.3, 0.4) is 0 Å². The highest BCUT2D eigenvalue weighted by molar-refractivity contribution is 7.85. The highest BCUT2D eigenvalue weighted by Gasteiger charge is 2.21. The number of carbonyl (C=O) groups excluding carboxylic acids is 1. The standard InChI is InChI=1S/C16H15NO4S/c18-16-13(10-17-7-8-22(19,20)21)9-12-5-1-3-11-4-2-6-14(16)15(11)12/h1-6,9,17H,7-8,10H2,(H,19,20,21). The third kappa shape index (κ3) is 2.94. The van der Waals surface area contributed by atoms with Gasteiger partial charge in [-0.15, -0.1) is 0 Å². The van der Waals surface area contributed by atoms with Crippen LogP contribution in [-0.4, -0.2) is 37.6 Å².